The fraction of sp³-hybridized carbons (Fsp3) is 0.267. The van der Waals surface area contributed by atoms with Crippen molar-refractivity contribution in [2.24, 2.45) is 0 Å². The number of rotatable bonds is 2. The van der Waals surface area contributed by atoms with Gasteiger partial charge >= 0.3 is 0 Å². The molecule has 0 fully saturated rings. The summed E-state index contributed by atoms with van der Waals surface area (Å²) in [6.07, 6.45) is 3.86. The van der Waals surface area contributed by atoms with E-state index in [9.17, 15) is 5.11 Å². The Morgan fingerprint density at radius 2 is 2.06 bits per heavy atom. The minimum atomic E-state index is 0.220. The first-order valence-electron chi connectivity index (χ1n) is 6.30. The maximum atomic E-state index is 9.24. The minimum absolute atomic E-state index is 0.220. The van der Waals surface area contributed by atoms with Crippen LogP contribution in [-0.4, -0.2) is 16.6 Å². The number of hydrogen-bond donors (Lipinski definition) is 1. The largest absolute Gasteiger partial charge is 0.506 e. The van der Waals surface area contributed by atoms with Crippen molar-refractivity contribution in [1.82, 2.24) is 4.98 Å². The molecule has 0 amide bonds. The number of aromatic hydroxyl groups is 1. The van der Waals surface area contributed by atoms with Crippen LogP contribution in [0.1, 0.15) is 17.7 Å². The van der Waals surface area contributed by atoms with E-state index < -0.39 is 0 Å². The SMILES string of the molecule is Oc1ccc(CN2CCCc3ccccc32)nc1. The summed E-state index contributed by atoms with van der Waals surface area (Å²) in [5.74, 6) is 0.220. The topological polar surface area (TPSA) is 36.4 Å². The molecule has 0 bridgehead atoms. The summed E-state index contributed by atoms with van der Waals surface area (Å²) >= 11 is 0. The van der Waals surface area contributed by atoms with Crippen molar-refractivity contribution in [2.45, 2.75) is 19.4 Å². The molecule has 2 heterocycles. The van der Waals surface area contributed by atoms with Gasteiger partial charge in [0.1, 0.15) is 5.75 Å². The molecule has 1 aliphatic rings. The van der Waals surface area contributed by atoms with Crippen LogP contribution >= 0.6 is 0 Å². The lowest BCUT2D eigenvalue weighted by molar-refractivity contribution is 0.472. The summed E-state index contributed by atoms with van der Waals surface area (Å²) in [7, 11) is 0. The molecule has 1 aliphatic heterocycles. The Kier molecular flexibility index (Phi) is 2.89. The second-order valence-electron chi connectivity index (χ2n) is 4.66. The van der Waals surface area contributed by atoms with Crippen molar-refractivity contribution in [1.29, 1.82) is 0 Å². The lowest BCUT2D eigenvalue weighted by Crippen LogP contribution is -2.29. The summed E-state index contributed by atoms with van der Waals surface area (Å²) < 4.78 is 0. The molecule has 0 saturated heterocycles. The first-order chi connectivity index (χ1) is 8.83. The van der Waals surface area contributed by atoms with Crippen molar-refractivity contribution in [3.8, 4) is 5.75 Å². The van der Waals surface area contributed by atoms with E-state index in [2.05, 4.69) is 34.1 Å². The Bertz CT molecular complexity index is 536. The number of benzene rings is 1. The van der Waals surface area contributed by atoms with E-state index in [4.69, 9.17) is 0 Å². The third-order valence-electron chi connectivity index (χ3n) is 3.37. The molecule has 3 nitrogen and oxygen atoms in total. The van der Waals surface area contributed by atoms with Crippen LogP contribution in [0.3, 0.4) is 0 Å². The Morgan fingerprint density at radius 1 is 1.17 bits per heavy atom. The summed E-state index contributed by atoms with van der Waals surface area (Å²) in [5, 5.41) is 9.24. The lowest BCUT2D eigenvalue weighted by Gasteiger charge is -2.31. The number of aryl methyl sites for hydroxylation is 1. The van der Waals surface area contributed by atoms with Crippen LogP contribution in [0.25, 0.3) is 0 Å². The Hall–Kier alpha value is -2.03. The number of nitrogens with zero attached hydrogens (tertiary/aromatic N) is 2. The van der Waals surface area contributed by atoms with Gasteiger partial charge < -0.3 is 10.0 Å². The first kappa shape index (κ1) is 11.1. The number of fused-ring (bicyclic) bond motifs is 1. The fourth-order valence-electron chi connectivity index (χ4n) is 2.48. The van der Waals surface area contributed by atoms with E-state index in [0.29, 0.717) is 0 Å². The van der Waals surface area contributed by atoms with E-state index in [0.717, 1.165) is 25.2 Å². The highest BCUT2D eigenvalue weighted by Crippen LogP contribution is 2.27. The van der Waals surface area contributed by atoms with E-state index in [1.807, 2.05) is 6.07 Å². The van der Waals surface area contributed by atoms with Gasteiger partial charge in [-0.1, -0.05) is 18.2 Å². The lowest BCUT2D eigenvalue weighted by atomic mass is 10.0. The third-order valence-corrected chi connectivity index (χ3v) is 3.37. The van der Waals surface area contributed by atoms with Crippen LogP contribution in [0.4, 0.5) is 5.69 Å². The predicted octanol–water partition coefficient (Wildman–Crippen LogP) is 2.74. The van der Waals surface area contributed by atoms with Gasteiger partial charge in [-0.2, -0.15) is 0 Å². The highest BCUT2D eigenvalue weighted by molar-refractivity contribution is 5.55. The monoisotopic (exact) mass is 240 g/mol. The number of para-hydroxylation sites is 1. The molecule has 1 aromatic heterocycles. The van der Waals surface area contributed by atoms with E-state index in [-0.39, 0.29) is 5.75 Å². The third kappa shape index (κ3) is 2.16. The average molecular weight is 240 g/mol. The van der Waals surface area contributed by atoms with Crippen LogP contribution in [0.15, 0.2) is 42.6 Å². The van der Waals surface area contributed by atoms with Crippen molar-refractivity contribution in [2.75, 3.05) is 11.4 Å². The van der Waals surface area contributed by atoms with Crippen LogP contribution in [0.5, 0.6) is 5.75 Å². The normalized spacial score (nSPS) is 14.3. The quantitative estimate of drug-likeness (QED) is 0.876. The van der Waals surface area contributed by atoms with E-state index >= 15 is 0 Å². The van der Waals surface area contributed by atoms with Gasteiger partial charge in [-0.3, -0.25) is 4.98 Å². The van der Waals surface area contributed by atoms with Gasteiger partial charge in [-0.05, 0) is 36.6 Å². The van der Waals surface area contributed by atoms with Gasteiger partial charge in [0.25, 0.3) is 0 Å². The zero-order valence-electron chi connectivity index (χ0n) is 10.2. The second-order valence-corrected chi connectivity index (χ2v) is 4.66. The molecule has 0 unspecified atom stereocenters. The summed E-state index contributed by atoms with van der Waals surface area (Å²) in [6, 6.07) is 12.1. The number of aromatic nitrogens is 1. The summed E-state index contributed by atoms with van der Waals surface area (Å²) in [4.78, 5) is 6.61. The molecule has 0 saturated carbocycles. The maximum Gasteiger partial charge on any atom is 0.133 e. The molecule has 0 spiro atoms. The van der Waals surface area contributed by atoms with Crippen LogP contribution in [-0.2, 0) is 13.0 Å². The van der Waals surface area contributed by atoms with Crippen LogP contribution < -0.4 is 4.90 Å². The zero-order chi connectivity index (χ0) is 12.4. The Labute approximate surface area is 107 Å². The molecule has 0 radical (unpaired) electrons. The fourth-order valence-corrected chi connectivity index (χ4v) is 2.48. The van der Waals surface area contributed by atoms with E-state index in [1.165, 1.54) is 23.9 Å². The average Bonchev–Trinajstić information content (AvgIpc) is 2.42. The van der Waals surface area contributed by atoms with Gasteiger partial charge in [0, 0.05) is 12.2 Å². The molecule has 0 aliphatic carbocycles. The number of anilines is 1. The molecule has 3 rings (SSSR count). The molecule has 3 heteroatoms. The van der Waals surface area contributed by atoms with Crippen molar-refractivity contribution >= 4 is 5.69 Å². The standard InChI is InChI=1S/C15H16N2O/c18-14-8-7-13(16-10-14)11-17-9-3-5-12-4-1-2-6-15(12)17/h1-2,4,6-8,10,18H,3,5,9,11H2. The smallest absolute Gasteiger partial charge is 0.133 e. The molecule has 0 atom stereocenters. The van der Waals surface area contributed by atoms with Crippen molar-refractivity contribution in [3.63, 3.8) is 0 Å². The first-order valence-corrected chi connectivity index (χ1v) is 6.30. The van der Waals surface area contributed by atoms with Gasteiger partial charge in [0.2, 0.25) is 0 Å². The van der Waals surface area contributed by atoms with Crippen molar-refractivity contribution < 1.29 is 5.11 Å². The van der Waals surface area contributed by atoms with Crippen LogP contribution in [0.2, 0.25) is 0 Å². The molecule has 1 aromatic carbocycles. The second kappa shape index (κ2) is 4.69. The van der Waals surface area contributed by atoms with Crippen molar-refractivity contribution in [3.05, 3.63) is 53.9 Å². The number of hydrogen-bond acceptors (Lipinski definition) is 3. The maximum absolute atomic E-state index is 9.24. The molecule has 2 aromatic rings. The molecule has 92 valence electrons. The molecular formula is C15H16N2O. The molecule has 1 N–H and O–H groups in total. The zero-order valence-corrected chi connectivity index (χ0v) is 10.2. The predicted molar refractivity (Wildman–Crippen MR) is 71.7 cm³/mol. The highest BCUT2D eigenvalue weighted by atomic mass is 16.3. The van der Waals surface area contributed by atoms with E-state index in [1.54, 1.807) is 6.07 Å². The van der Waals surface area contributed by atoms with Gasteiger partial charge in [0.15, 0.2) is 0 Å². The van der Waals surface area contributed by atoms with Gasteiger partial charge in [-0.15, -0.1) is 0 Å². The van der Waals surface area contributed by atoms with Gasteiger partial charge in [0.05, 0.1) is 18.4 Å². The number of pyridine rings is 1. The summed E-state index contributed by atoms with van der Waals surface area (Å²) in [6.45, 7) is 1.87. The Balaban J connectivity index is 1.84. The van der Waals surface area contributed by atoms with Gasteiger partial charge in [-0.25, -0.2) is 0 Å². The highest BCUT2D eigenvalue weighted by Gasteiger charge is 2.16. The Morgan fingerprint density at radius 3 is 2.89 bits per heavy atom. The van der Waals surface area contributed by atoms with Crippen LogP contribution in [0, 0.1) is 0 Å². The minimum Gasteiger partial charge on any atom is -0.506 e. The molecule has 18 heavy (non-hydrogen) atoms. The summed E-state index contributed by atoms with van der Waals surface area (Å²) in [5.41, 5.74) is 3.73. The molecular weight excluding hydrogens is 224 g/mol.